The lowest BCUT2D eigenvalue weighted by Gasteiger charge is -2.26. The maximum absolute atomic E-state index is 13.0. The Labute approximate surface area is 146 Å². The molecule has 4 nitrogen and oxygen atoms in total. The van der Waals surface area contributed by atoms with Crippen molar-refractivity contribution in [3.05, 3.63) is 47.4 Å². The summed E-state index contributed by atoms with van der Waals surface area (Å²) in [4.78, 5) is 19.4. The van der Waals surface area contributed by atoms with Crippen LogP contribution in [0, 0.1) is 19.3 Å². The molecule has 0 fully saturated rings. The van der Waals surface area contributed by atoms with Gasteiger partial charge in [0.15, 0.2) is 5.13 Å². The summed E-state index contributed by atoms with van der Waals surface area (Å²) in [6.45, 7) is 10.3. The van der Waals surface area contributed by atoms with Crippen LogP contribution in [-0.2, 0) is 11.3 Å². The van der Waals surface area contributed by atoms with Crippen molar-refractivity contribution in [3.8, 4) is 0 Å². The number of amides is 1. The molecule has 0 N–H and O–H groups in total. The van der Waals surface area contributed by atoms with E-state index < -0.39 is 5.41 Å². The largest absolute Gasteiger partial charge is 0.467 e. The molecule has 1 aromatic carbocycles. The van der Waals surface area contributed by atoms with E-state index in [1.54, 1.807) is 22.5 Å². The van der Waals surface area contributed by atoms with Gasteiger partial charge in [-0.15, -0.1) is 0 Å². The van der Waals surface area contributed by atoms with Crippen molar-refractivity contribution in [2.75, 3.05) is 4.90 Å². The van der Waals surface area contributed by atoms with E-state index in [1.807, 2.05) is 32.9 Å². The minimum atomic E-state index is -0.490. The first kappa shape index (κ1) is 16.7. The van der Waals surface area contributed by atoms with Gasteiger partial charge in [0.25, 0.3) is 0 Å². The number of hydrogen-bond acceptors (Lipinski definition) is 4. The molecule has 24 heavy (non-hydrogen) atoms. The number of aromatic nitrogens is 1. The monoisotopic (exact) mass is 342 g/mol. The van der Waals surface area contributed by atoms with Gasteiger partial charge in [0.1, 0.15) is 5.76 Å². The molecular weight excluding hydrogens is 320 g/mol. The number of hydrogen-bond donors (Lipinski definition) is 0. The zero-order valence-corrected chi connectivity index (χ0v) is 15.5. The molecule has 0 aliphatic carbocycles. The predicted octanol–water partition coefficient (Wildman–Crippen LogP) is 5.09. The van der Waals surface area contributed by atoms with Gasteiger partial charge in [-0.2, -0.15) is 0 Å². The SMILES string of the molecule is Cc1cc2nc(N(Cc3ccco3)C(=O)C(C)(C)C)sc2cc1C. The lowest BCUT2D eigenvalue weighted by atomic mass is 9.95. The Bertz CT molecular complexity index is 834. The summed E-state index contributed by atoms with van der Waals surface area (Å²) in [7, 11) is 0. The van der Waals surface area contributed by atoms with Gasteiger partial charge in [-0.1, -0.05) is 32.1 Å². The maximum atomic E-state index is 13.0. The van der Waals surface area contributed by atoms with Crippen molar-refractivity contribution in [3.63, 3.8) is 0 Å². The number of fused-ring (bicyclic) bond motifs is 1. The molecule has 0 saturated carbocycles. The van der Waals surface area contributed by atoms with E-state index in [0.717, 1.165) is 16.0 Å². The van der Waals surface area contributed by atoms with Crippen LogP contribution in [0.5, 0.6) is 0 Å². The highest BCUT2D eigenvalue weighted by Gasteiger charge is 2.30. The average Bonchev–Trinajstić information content (AvgIpc) is 3.13. The van der Waals surface area contributed by atoms with Crippen molar-refractivity contribution < 1.29 is 9.21 Å². The molecule has 0 saturated heterocycles. The topological polar surface area (TPSA) is 46.3 Å². The normalized spacial score (nSPS) is 11.9. The molecule has 0 spiro atoms. The number of rotatable bonds is 3. The van der Waals surface area contributed by atoms with Crippen molar-refractivity contribution >= 4 is 32.6 Å². The lowest BCUT2D eigenvalue weighted by Crippen LogP contribution is -2.39. The summed E-state index contributed by atoms with van der Waals surface area (Å²) in [5.74, 6) is 0.783. The van der Waals surface area contributed by atoms with E-state index in [9.17, 15) is 4.79 Å². The van der Waals surface area contributed by atoms with Crippen LogP contribution in [0.1, 0.15) is 37.7 Å². The number of carbonyl (C=O) groups excluding carboxylic acids is 1. The summed E-state index contributed by atoms with van der Waals surface area (Å²) in [5.41, 5.74) is 2.89. The number of benzene rings is 1. The van der Waals surface area contributed by atoms with Gasteiger partial charge in [0.05, 0.1) is 23.0 Å². The summed E-state index contributed by atoms with van der Waals surface area (Å²) in [6, 6.07) is 7.93. The zero-order chi connectivity index (χ0) is 17.5. The molecule has 0 aliphatic heterocycles. The van der Waals surface area contributed by atoms with Gasteiger partial charge in [0, 0.05) is 5.41 Å². The van der Waals surface area contributed by atoms with Gasteiger partial charge in [0.2, 0.25) is 5.91 Å². The highest BCUT2D eigenvalue weighted by atomic mass is 32.1. The third-order valence-electron chi connectivity index (χ3n) is 4.00. The molecule has 2 heterocycles. The fourth-order valence-corrected chi connectivity index (χ4v) is 3.52. The molecule has 126 valence electrons. The molecule has 2 aromatic heterocycles. The molecule has 0 bridgehead atoms. The zero-order valence-electron chi connectivity index (χ0n) is 14.7. The summed E-state index contributed by atoms with van der Waals surface area (Å²) in [5, 5.41) is 0.714. The molecular formula is C19H22N2O2S. The van der Waals surface area contributed by atoms with Crippen LogP contribution in [-0.4, -0.2) is 10.9 Å². The van der Waals surface area contributed by atoms with Gasteiger partial charge in [-0.25, -0.2) is 4.98 Å². The third-order valence-corrected chi connectivity index (χ3v) is 5.05. The Hall–Kier alpha value is -2.14. The van der Waals surface area contributed by atoms with Crippen LogP contribution in [0.4, 0.5) is 5.13 Å². The van der Waals surface area contributed by atoms with Gasteiger partial charge >= 0.3 is 0 Å². The first-order valence-corrected chi connectivity index (χ1v) is 8.79. The summed E-state index contributed by atoms with van der Waals surface area (Å²) < 4.78 is 6.54. The van der Waals surface area contributed by atoms with E-state index in [0.29, 0.717) is 11.7 Å². The van der Waals surface area contributed by atoms with Gasteiger partial charge in [-0.3, -0.25) is 9.69 Å². The highest BCUT2D eigenvalue weighted by Crippen LogP contribution is 2.33. The molecule has 5 heteroatoms. The molecule has 3 rings (SSSR count). The Morgan fingerprint density at radius 2 is 1.96 bits per heavy atom. The fraction of sp³-hybridized carbons (Fsp3) is 0.368. The lowest BCUT2D eigenvalue weighted by molar-refractivity contribution is -0.126. The highest BCUT2D eigenvalue weighted by molar-refractivity contribution is 7.22. The molecule has 3 aromatic rings. The fourth-order valence-electron chi connectivity index (χ4n) is 2.47. The Balaban J connectivity index is 2.05. The Kier molecular flexibility index (Phi) is 4.22. The number of carbonyl (C=O) groups is 1. The van der Waals surface area contributed by atoms with Gasteiger partial charge < -0.3 is 4.42 Å². The third kappa shape index (κ3) is 3.22. The number of anilines is 1. The number of aryl methyl sites for hydroxylation is 2. The van der Waals surface area contributed by atoms with Crippen LogP contribution in [0.15, 0.2) is 34.9 Å². The minimum absolute atomic E-state index is 0.0337. The second-order valence-corrected chi connectivity index (χ2v) is 8.13. The van der Waals surface area contributed by atoms with Crippen LogP contribution in [0.2, 0.25) is 0 Å². The second kappa shape index (κ2) is 6.06. The van der Waals surface area contributed by atoms with Crippen molar-refractivity contribution in [1.82, 2.24) is 4.98 Å². The molecule has 0 unspecified atom stereocenters. The molecule has 0 aliphatic rings. The Morgan fingerprint density at radius 3 is 2.58 bits per heavy atom. The van der Waals surface area contributed by atoms with Crippen LogP contribution < -0.4 is 4.90 Å². The van der Waals surface area contributed by atoms with E-state index in [2.05, 4.69) is 26.0 Å². The molecule has 0 atom stereocenters. The van der Waals surface area contributed by atoms with Crippen LogP contribution >= 0.6 is 11.3 Å². The predicted molar refractivity (Wildman–Crippen MR) is 98.4 cm³/mol. The van der Waals surface area contributed by atoms with Gasteiger partial charge in [-0.05, 0) is 49.2 Å². The number of nitrogens with zero attached hydrogens (tertiary/aromatic N) is 2. The second-order valence-electron chi connectivity index (χ2n) is 7.12. The van der Waals surface area contributed by atoms with Crippen molar-refractivity contribution in [2.45, 2.75) is 41.2 Å². The van der Waals surface area contributed by atoms with E-state index in [1.165, 1.54) is 11.1 Å². The number of furan rings is 1. The maximum Gasteiger partial charge on any atom is 0.234 e. The van der Waals surface area contributed by atoms with Crippen molar-refractivity contribution in [1.29, 1.82) is 0 Å². The Morgan fingerprint density at radius 1 is 1.25 bits per heavy atom. The van der Waals surface area contributed by atoms with Crippen LogP contribution in [0.25, 0.3) is 10.2 Å². The van der Waals surface area contributed by atoms with Crippen LogP contribution in [0.3, 0.4) is 0 Å². The first-order chi connectivity index (χ1) is 11.3. The summed E-state index contributed by atoms with van der Waals surface area (Å²) >= 11 is 1.55. The van der Waals surface area contributed by atoms with E-state index in [-0.39, 0.29) is 5.91 Å². The number of thiazole rings is 1. The average molecular weight is 342 g/mol. The molecule has 1 amide bonds. The minimum Gasteiger partial charge on any atom is -0.467 e. The standard InChI is InChI=1S/C19H22N2O2S/c1-12-9-15-16(10-13(12)2)24-18(20-15)21(17(22)19(3,4)5)11-14-7-6-8-23-14/h6-10H,11H2,1-5H3. The molecule has 0 radical (unpaired) electrons. The quantitative estimate of drug-likeness (QED) is 0.666. The first-order valence-electron chi connectivity index (χ1n) is 7.98. The summed E-state index contributed by atoms with van der Waals surface area (Å²) in [6.07, 6.45) is 1.63. The van der Waals surface area contributed by atoms with E-state index >= 15 is 0 Å². The van der Waals surface area contributed by atoms with E-state index in [4.69, 9.17) is 9.40 Å². The smallest absolute Gasteiger partial charge is 0.234 e. The van der Waals surface area contributed by atoms with Crippen molar-refractivity contribution in [2.24, 2.45) is 5.41 Å².